The van der Waals surface area contributed by atoms with Gasteiger partial charge in [0.15, 0.2) is 0 Å². The highest BCUT2D eigenvalue weighted by atomic mass is 16.3. The van der Waals surface area contributed by atoms with Gasteiger partial charge in [0.2, 0.25) is 0 Å². The monoisotopic (exact) mass is 434 g/mol. The van der Waals surface area contributed by atoms with Gasteiger partial charge in [-0.25, -0.2) is 0 Å². The Hall–Kier alpha value is -2.17. The maximum atomic E-state index is 12.8. The molecule has 0 bridgehead atoms. The molecule has 4 nitrogen and oxygen atoms in total. The number of hydrogen-bond acceptors (Lipinski definition) is 3. The van der Waals surface area contributed by atoms with E-state index in [0.29, 0.717) is 24.4 Å². The van der Waals surface area contributed by atoms with Crippen LogP contribution in [0.3, 0.4) is 0 Å². The smallest absolute Gasteiger partial charge is 0.251 e. The van der Waals surface area contributed by atoms with E-state index in [1.54, 1.807) is 0 Å². The number of benzene rings is 2. The van der Waals surface area contributed by atoms with Crippen LogP contribution in [-0.2, 0) is 13.1 Å². The summed E-state index contributed by atoms with van der Waals surface area (Å²) in [4.78, 5) is 15.4. The lowest BCUT2D eigenvalue weighted by Crippen LogP contribution is -2.36. The topological polar surface area (TPSA) is 52.6 Å². The summed E-state index contributed by atoms with van der Waals surface area (Å²) in [5.41, 5.74) is 5.26. The zero-order valence-electron chi connectivity index (χ0n) is 20.0. The minimum atomic E-state index is -0.483. The molecule has 1 saturated carbocycles. The summed E-state index contributed by atoms with van der Waals surface area (Å²) in [5.74, 6) is 1.15. The lowest BCUT2D eigenvalue weighted by molar-refractivity contribution is -0.000665. The van der Waals surface area contributed by atoms with Gasteiger partial charge in [-0.1, -0.05) is 49.7 Å². The second-order valence-electron chi connectivity index (χ2n) is 10.6. The number of aliphatic hydroxyl groups is 1. The van der Waals surface area contributed by atoms with E-state index in [-0.39, 0.29) is 5.91 Å². The summed E-state index contributed by atoms with van der Waals surface area (Å²) >= 11 is 0. The van der Waals surface area contributed by atoms with E-state index in [9.17, 15) is 9.90 Å². The molecule has 2 aromatic carbocycles. The van der Waals surface area contributed by atoms with Crippen LogP contribution in [0.5, 0.6) is 0 Å². The molecule has 1 aliphatic carbocycles. The van der Waals surface area contributed by atoms with Crippen LogP contribution in [-0.4, -0.2) is 28.1 Å². The molecule has 1 aliphatic heterocycles. The SMILES string of the molecule is Cc1ccc(CNC(=O)c2ccc3c(c2)CN(CC2CCC(C)(O)CC2)C3C(C)C)cc1. The summed E-state index contributed by atoms with van der Waals surface area (Å²) in [6.45, 7) is 11.1. The molecule has 1 unspecified atom stereocenters. The minimum Gasteiger partial charge on any atom is -0.390 e. The molecule has 1 amide bonds. The van der Waals surface area contributed by atoms with E-state index in [1.807, 2.05) is 13.0 Å². The molecule has 0 aromatic heterocycles. The van der Waals surface area contributed by atoms with Gasteiger partial charge in [0.1, 0.15) is 0 Å². The first-order chi connectivity index (χ1) is 15.2. The molecule has 2 aliphatic rings. The Labute approximate surface area is 193 Å². The Morgan fingerprint density at radius 2 is 1.84 bits per heavy atom. The average molecular weight is 435 g/mol. The molecular formula is C28H38N2O2. The second-order valence-corrected chi connectivity index (χ2v) is 10.6. The van der Waals surface area contributed by atoms with Gasteiger partial charge in [0.25, 0.3) is 5.91 Å². The molecule has 4 rings (SSSR count). The first kappa shape index (κ1) is 23.0. The summed E-state index contributed by atoms with van der Waals surface area (Å²) in [6.07, 6.45) is 3.99. The first-order valence-corrected chi connectivity index (χ1v) is 12.1. The van der Waals surface area contributed by atoms with Crippen LogP contribution < -0.4 is 5.32 Å². The van der Waals surface area contributed by atoms with Crippen molar-refractivity contribution in [3.63, 3.8) is 0 Å². The number of nitrogens with zero attached hydrogens (tertiary/aromatic N) is 1. The molecule has 2 aromatic rings. The summed E-state index contributed by atoms with van der Waals surface area (Å²) in [6, 6.07) is 14.9. The third-order valence-corrected chi connectivity index (χ3v) is 7.37. The third-order valence-electron chi connectivity index (χ3n) is 7.37. The molecule has 4 heteroatoms. The van der Waals surface area contributed by atoms with Crippen LogP contribution in [0, 0.1) is 18.8 Å². The molecule has 2 N–H and O–H groups in total. The maximum Gasteiger partial charge on any atom is 0.251 e. The largest absolute Gasteiger partial charge is 0.390 e. The Kier molecular flexibility index (Phi) is 6.73. The Bertz CT molecular complexity index is 938. The molecule has 1 atom stereocenters. The van der Waals surface area contributed by atoms with Crippen LogP contribution >= 0.6 is 0 Å². The van der Waals surface area contributed by atoms with Crippen LogP contribution in [0.15, 0.2) is 42.5 Å². The number of carbonyl (C=O) groups is 1. The van der Waals surface area contributed by atoms with Gasteiger partial charge in [0, 0.05) is 31.2 Å². The third kappa shape index (κ3) is 5.24. The quantitative estimate of drug-likeness (QED) is 0.642. The van der Waals surface area contributed by atoms with E-state index in [4.69, 9.17) is 0 Å². The van der Waals surface area contributed by atoms with Crippen molar-refractivity contribution in [1.82, 2.24) is 10.2 Å². The van der Waals surface area contributed by atoms with Crippen molar-refractivity contribution >= 4 is 5.91 Å². The minimum absolute atomic E-state index is 0.0116. The van der Waals surface area contributed by atoms with Crippen molar-refractivity contribution in [2.45, 2.75) is 78.1 Å². The fourth-order valence-corrected chi connectivity index (χ4v) is 5.45. The summed E-state index contributed by atoms with van der Waals surface area (Å²) in [7, 11) is 0. The predicted octanol–water partition coefficient (Wildman–Crippen LogP) is 5.38. The molecular weight excluding hydrogens is 396 g/mol. The van der Waals surface area contributed by atoms with Gasteiger partial charge in [-0.15, -0.1) is 0 Å². The molecule has 0 saturated heterocycles. The van der Waals surface area contributed by atoms with Gasteiger partial charge in [-0.3, -0.25) is 9.69 Å². The maximum absolute atomic E-state index is 12.8. The van der Waals surface area contributed by atoms with Gasteiger partial charge >= 0.3 is 0 Å². The zero-order valence-corrected chi connectivity index (χ0v) is 20.0. The standard InChI is InChI=1S/C28H38N2O2/c1-19(2)26-25-10-9-23(27(31)29-16-21-7-5-20(3)6-8-21)15-24(25)18-30(26)17-22-11-13-28(4,32)14-12-22/h5-10,15,19,22,26,32H,11-14,16-18H2,1-4H3,(H,29,31). The van der Waals surface area contributed by atoms with Crippen molar-refractivity contribution in [2.24, 2.45) is 11.8 Å². The van der Waals surface area contributed by atoms with Crippen molar-refractivity contribution in [2.75, 3.05) is 6.54 Å². The highest BCUT2D eigenvalue weighted by Gasteiger charge is 2.36. The van der Waals surface area contributed by atoms with E-state index < -0.39 is 5.60 Å². The van der Waals surface area contributed by atoms with Crippen molar-refractivity contribution < 1.29 is 9.90 Å². The van der Waals surface area contributed by atoms with Crippen molar-refractivity contribution in [3.8, 4) is 0 Å². The second kappa shape index (κ2) is 9.36. The van der Waals surface area contributed by atoms with E-state index in [2.05, 4.69) is 67.4 Å². The molecule has 172 valence electrons. The van der Waals surface area contributed by atoms with E-state index in [0.717, 1.165) is 49.9 Å². The van der Waals surface area contributed by atoms with Crippen LogP contribution in [0.1, 0.15) is 85.1 Å². The number of rotatable bonds is 6. The number of nitrogens with one attached hydrogen (secondary N) is 1. The van der Waals surface area contributed by atoms with Crippen molar-refractivity contribution in [3.05, 3.63) is 70.3 Å². The molecule has 0 radical (unpaired) electrons. The first-order valence-electron chi connectivity index (χ1n) is 12.1. The van der Waals surface area contributed by atoms with Gasteiger partial charge in [-0.2, -0.15) is 0 Å². The number of carbonyl (C=O) groups excluding carboxylic acids is 1. The Morgan fingerprint density at radius 1 is 1.16 bits per heavy atom. The number of aryl methyl sites for hydroxylation is 1. The van der Waals surface area contributed by atoms with E-state index >= 15 is 0 Å². The van der Waals surface area contributed by atoms with Gasteiger partial charge < -0.3 is 10.4 Å². The fourth-order valence-electron chi connectivity index (χ4n) is 5.45. The summed E-state index contributed by atoms with van der Waals surface area (Å²) in [5, 5.41) is 13.4. The van der Waals surface area contributed by atoms with Gasteiger partial charge in [0.05, 0.1) is 5.60 Å². The van der Waals surface area contributed by atoms with E-state index in [1.165, 1.54) is 16.7 Å². The Morgan fingerprint density at radius 3 is 2.50 bits per heavy atom. The summed E-state index contributed by atoms with van der Waals surface area (Å²) < 4.78 is 0. The molecule has 0 spiro atoms. The molecule has 32 heavy (non-hydrogen) atoms. The number of fused-ring (bicyclic) bond motifs is 1. The fraction of sp³-hybridized carbons (Fsp3) is 0.536. The highest BCUT2D eigenvalue weighted by molar-refractivity contribution is 5.94. The lowest BCUT2D eigenvalue weighted by atomic mass is 9.79. The number of hydrogen-bond donors (Lipinski definition) is 2. The average Bonchev–Trinajstić information content (AvgIpc) is 3.12. The van der Waals surface area contributed by atoms with Crippen LogP contribution in [0.25, 0.3) is 0 Å². The molecule has 1 heterocycles. The highest BCUT2D eigenvalue weighted by Crippen LogP contribution is 2.41. The zero-order chi connectivity index (χ0) is 22.9. The van der Waals surface area contributed by atoms with Crippen LogP contribution in [0.4, 0.5) is 0 Å². The normalized spacial score (nSPS) is 25.7. The Balaban J connectivity index is 1.42. The van der Waals surface area contributed by atoms with Crippen molar-refractivity contribution in [1.29, 1.82) is 0 Å². The number of amides is 1. The predicted molar refractivity (Wildman–Crippen MR) is 129 cm³/mol. The lowest BCUT2D eigenvalue weighted by Gasteiger charge is -2.37. The molecule has 1 fully saturated rings. The van der Waals surface area contributed by atoms with Gasteiger partial charge in [-0.05, 0) is 80.2 Å². The van der Waals surface area contributed by atoms with Crippen LogP contribution in [0.2, 0.25) is 0 Å².